The van der Waals surface area contributed by atoms with Crippen LogP contribution in [0.4, 0.5) is 0 Å². The molecule has 0 aliphatic carbocycles. The minimum absolute atomic E-state index is 0.121. The van der Waals surface area contributed by atoms with Crippen molar-refractivity contribution in [2.45, 2.75) is 0 Å². The summed E-state index contributed by atoms with van der Waals surface area (Å²) in [5.74, 6) is 0. The van der Waals surface area contributed by atoms with Gasteiger partial charge >= 0.3 is 0 Å². The monoisotopic (exact) mass is 1050 g/mol. The largest absolute Gasteiger partial charge is 0.310 e. The van der Waals surface area contributed by atoms with Crippen molar-refractivity contribution in [3.8, 4) is 67.0 Å². The lowest BCUT2D eigenvalue weighted by atomic mass is 9.34. The molecule has 0 N–H and O–H groups in total. The van der Waals surface area contributed by atoms with Crippen LogP contribution in [0.25, 0.3) is 165 Å². The summed E-state index contributed by atoms with van der Waals surface area (Å²) in [5, 5.41) is 16.2. The van der Waals surface area contributed by atoms with Gasteiger partial charge in [0, 0.05) is 50.1 Å². The number of para-hydroxylation sites is 1. The number of aromatic nitrogens is 3. The minimum atomic E-state index is -0.121. The fraction of sp³-hybridized carbons (Fsp3) is 0. The summed E-state index contributed by atoms with van der Waals surface area (Å²) in [4.78, 5) is 5.12. The van der Waals surface area contributed by atoms with Crippen LogP contribution in [0.15, 0.2) is 279 Å². The smallest absolute Gasteiger partial charge is 0.252 e. The van der Waals surface area contributed by atoms with E-state index in [0.29, 0.717) is 0 Å². The summed E-state index contributed by atoms with van der Waals surface area (Å²) in [6.07, 6.45) is 2.08. The Hall–Kier alpha value is -10.8. The molecule has 17 aromatic rings. The Balaban J connectivity index is 0.999. The van der Waals surface area contributed by atoms with Crippen molar-refractivity contribution in [1.29, 1.82) is 0 Å². The Bertz CT molecular complexity index is 5360. The Labute approximate surface area is 478 Å². The molecule has 3 aromatic heterocycles. The van der Waals surface area contributed by atoms with Crippen LogP contribution >= 0.6 is 0 Å². The molecule has 0 saturated heterocycles. The van der Waals surface area contributed by atoms with Crippen molar-refractivity contribution < 1.29 is 0 Å². The second kappa shape index (κ2) is 16.9. The first-order valence-electron chi connectivity index (χ1n) is 28.9. The molecule has 0 amide bonds. The van der Waals surface area contributed by atoms with Crippen LogP contribution in [-0.2, 0) is 0 Å². The third kappa shape index (κ3) is 6.38. The average molecular weight is 1050 g/mol. The minimum Gasteiger partial charge on any atom is -0.310 e. The molecule has 0 fully saturated rings. The molecule has 0 radical (unpaired) electrons. The molecule has 0 spiro atoms. The fourth-order valence-electron chi connectivity index (χ4n) is 14.9. The van der Waals surface area contributed by atoms with Gasteiger partial charge in [-0.15, -0.1) is 0 Å². The summed E-state index contributed by atoms with van der Waals surface area (Å²) < 4.78 is 5.32. The average Bonchev–Trinajstić information content (AvgIpc) is 1.96. The zero-order chi connectivity index (χ0) is 54.0. The van der Waals surface area contributed by atoms with Gasteiger partial charge in [-0.25, -0.2) is 0 Å². The molecular formula is C79H46BN3. The molecule has 83 heavy (non-hydrogen) atoms. The van der Waals surface area contributed by atoms with E-state index < -0.39 is 0 Å². The van der Waals surface area contributed by atoms with Crippen LogP contribution in [0.5, 0.6) is 0 Å². The van der Waals surface area contributed by atoms with E-state index in [0.717, 1.165) is 22.0 Å². The number of pyridine rings is 1. The van der Waals surface area contributed by atoms with Gasteiger partial charge in [-0.2, -0.15) is 0 Å². The van der Waals surface area contributed by atoms with E-state index in [1.54, 1.807) is 0 Å². The van der Waals surface area contributed by atoms with Gasteiger partial charge in [-0.3, -0.25) is 4.98 Å². The number of fused-ring (bicyclic) bond motifs is 19. The summed E-state index contributed by atoms with van der Waals surface area (Å²) in [6, 6.07) is 102. The van der Waals surface area contributed by atoms with Crippen LogP contribution in [-0.4, -0.2) is 20.8 Å². The molecule has 380 valence electrons. The molecule has 3 nitrogen and oxygen atoms in total. The first-order valence-corrected chi connectivity index (χ1v) is 28.9. The summed E-state index contributed by atoms with van der Waals surface area (Å²) in [6.45, 7) is -0.121. The highest BCUT2D eigenvalue weighted by atomic mass is 15.0. The first-order chi connectivity index (χ1) is 41.1. The van der Waals surface area contributed by atoms with Crippen LogP contribution in [0.1, 0.15) is 0 Å². The molecule has 0 unspecified atom stereocenters. The highest BCUT2D eigenvalue weighted by molar-refractivity contribution is 7.00. The van der Waals surface area contributed by atoms with Gasteiger partial charge in [-0.05, 0) is 170 Å². The second-order valence-corrected chi connectivity index (χ2v) is 23.0. The van der Waals surface area contributed by atoms with Gasteiger partial charge in [0.25, 0.3) is 6.71 Å². The van der Waals surface area contributed by atoms with Crippen LogP contribution < -0.4 is 16.4 Å². The standard InChI is InChI=1S/C79H46BN3/c1-5-15-47(16-6-1)51-25-31-62-55(37-51)29-35-69-73(62)75-64-33-27-53(49-19-9-3-10-20-49)39-59(64)42-66-78(75)82(69)71-44-58(61-41-57-23-13-14-24-68(57)81-46-61)45-72-77(71)80(66)67-43-60-40-54(50-21-11-4-12-22-50)28-34-65(60)76-74-63-32-26-52(48-17-7-2-8-18-48)38-56(63)30-36-70(74)83(72)79(67)76/h1-46H. The predicted octanol–water partition coefficient (Wildman–Crippen LogP) is 18.5. The molecule has 5 heterocycles. The fourth-order valence-corrected chi connectivity index (χ4v) is 14.9. The van der Waals surface area contributed by atoms with Gasteiger partial charge in [0.15, 0.2) is 0 Å². The highest BCUT2D eigenvalue weighted by Crippen LogP contribution is 2.48. The zero-order valence-electron chi connectivity index (χ0n) is 45.0. The molecule has 2 aliphatic rings. The number of benzene rings is 14. The molecule has 4 heteroatoms. The molecule has 14 aromatic carbocycles. The number of rotatable bonds is 5. The van der Waals surface area contributed by atoms with E-state index in [-0.39, 0.29) is 6.71 Å². The Morgan fingerprint density at radius 1 is 0.265 bits per heavy atom. The first kappa shape index (κ1) is 45.0. The lowest BCUT2D eigenvalue weighted by Crippen LogP contribution is -2.59. The molecule has 0 saturated carbocycles. The van der Waals surface area contributed by atoms with Crippen molar-refractivity contribution in [3.05, 3.63) is 279 Å². The third-order valence-corrected chi connectivity index (χ3v) is 18.6. The van der Waals surface area contributed by atoms with Gasteiger partial charge in [0.2, 0.25) is 0 Å². The lowest BCUT2D eigenvalue weighted by Gasteiger charge is -2.34. The molecule has 2 aliphatic heterocycles. The quantitative estimate of drug-likeness (QED) is 0.158. The van der Waals surface area contributed by atoms with Crippen molar-refractivity contribution in [3.63, 3.8) is 0 Å². The maximum atomic E-state index is 5.12. The maximum absolute atomic E-state index is 5.12. The van der Waals surface area contributed by atoms with Crippen LogP contribution in [0, 0.1) is 0 Å². The van der Waals surface area contributed by atoms with E-state index in [2.05, 4.69) is 288 Å². The van der Waals surface area contributed by atoms with Gasteiger partial charge in [0.1, 0.15) is 0 Å². The van der Waals surface area contributed by atoms with Crippen molar-refractivity contribution in [2.24, 2.45) is 0 Å². The number of nitrogens with zero attached hydrogens (tertiary/aromatic N) is 3. The normalized spacial score (nSPS) is 12.6. The van der Waals surface area contributed by atoms with Crippen molar-refractivity contribution >= 4 is 121 Å². The topological polar surface area (TPSA) is 22.8 Å². The second-order valence-electron chi connectivity index (χ2n) is 23.0. The molecule has 0 atom stereocenters. The lowest BCUT2D eigenvalue weighted by molar-refractivity contribution is 1.14. The SMILES string of the molecule is c1ccc(-c2ccc3c(ccc4c3c3c5ccc(-c6ccccc6)cc5cc5c3n4-c3cc(-c4cnc6ccccc6c4)cc4c3B5c3cc5cc(-c6ccccc6)ccc5c5c6c7ccc(-c8ccccc8)cc7ccc6n-4c35)c2)cc1. The molecule has 19 rings (SSSR count). The van der Waals surface area contributed by atoms with E-state index in [1.807, 2.05) is 0 Å². The summed E-state index contributed by atoms with van der Waals surface area (Å²) in [5.41, 5.74) is 24.2. The highest BCUT2D eigenvalue weighted by Gasteiger charge is 2.42. The number of hydrogen-bond donors (Lipinski definition) is 0. The Kier molecular flexibility index (Phi) is 9.14. The van der Waals surface area contributed by atoms with Crippen LogP contribution in [0.3, 0.4) is 0 Å². The molecule has 0 bridgehead atoms. The van der Waals surface area contributed by atoms with Crippen LogP contribution in [0.2, 0.25) is 0 Å². The van der Waals surface area contributed by atoms with Crippen molar-refractivity contribution in [2.75, 3.05) is 0 Å². The maximum Gasteiger partial charge on any atom is 0.252 e. The van der Waals surface area contributed by atoms with E-state index >= 15 is 0 Å². The number of hydrogen-bond acceptors (Lipinski definition) is 1. The van der Waals surface area contributed by atoms with Gasteiger partial charge in [0.05, 0.1) is 27.6 Å². The predicted molar refractivity (Wildman–Crippen MR) is 352 cm³/mol. The summed E-state index contributed by atoms with van der Waals surface area (Å²) in [7, 11) is 0. The van der Waals surface area contributed by atoms with E-state index in [9.17, 15) is 0 Å². The Morgan fingerprint density at radius 3 is 1.10 bits per heavy atom. The third-order valence-electron chi connectivity index (χ3n) is 18.6. The molecular weight excluding hydrogens is 1000 g/mol. The Morgan fingerprint density at radius 2 is 0.651 bits per heavy atom. The van der Waals surface area contributed by atoms with Gasteiger partial charge in [-0.1, -0.05) is 212 Å². The van der Waals surface area contributed by atoms with Gasteiger partial charge < -0.3 is 9.13 Å². The van der Waals surface area contributed by atoms with Crippen molar-refractivity contribution in [1.82, 2.24) is 14.1 Å². The summed E-state index contributed by atoms with van der Waals surface area (Å²) >= 11 is 0. The van der Waals surface area contributed by atoms with E-state index in [4.69, 9.17) is 4.98 Å². The van der Waals surface area contributed by atoms with E-state index in [1.165, 1.54) is 159 Å². The zero-order valence-corrected chi connectivity index (χ0v) is 45.0.